The van der Waals surface area contributed by atoms with E-state index in [-0.39, 0.29) is 18.0 Å². The van der Waals surface area contributed by atoms with Crippen LogP contribution in [0, 0.1) is 5.82 Å². The van der Waals surface area contributed by atoms with E-state index in [0.29, 0.717) is 12.5 Å². The highest BCUT2D eigenvalue weighted by Gasteiger charge is 2.28. The molecular weight excluding hydrogens is 335 g/mol. The average Bonchev–Trinajstić information content (AvgIpc) is 2.46. The molecule has 0 bridgehead atoms. The molecule has 21 heavy (non-hydrogen) atoms. The monoisotopic (exact) mass is 358 g/mol. The molecule has 1 aromatic carbocycles. The van der Waals surface area contributed by atoms with Crippen LogP contribution in [0.1, 0.15) is 19.4 Å². The number of likely N-dealkylation sites (N-methyl/N-ethyl adjacent to an activating group) is 1. The van der Waals surface area contributed by atoms with Crippen LogP contribution >= 0.6 is 15.9 Å². The molecule has 1 aliphatic rings. The molecule has 1 aromatic rings. The Labute approximate surface area is 135 Å². The van der Waals surface area contributed by atoms with Crippen molar-refractivity contribution in [1.82, 2.24) is 10.2 Å². The van der Waals surface area contributed by atoms with Gasteiger partial charge in [0, 0.05) is 29.6 Å². The van der Waals surface area contributed by atoms with E-state index < -0.39 is 0 Å². The number of nitrogens with one attached hydrogen (secondary N) is 1. The summed E-state index contributed by atoms with van der Waals surface area (Å²) in [4.78, 5) is 2.41. The number of morpholine rings is 1. The molecule has 0 saturated carbocycles. The van der Waals surface area contributed by atoms with Crippen molar-refractivity contribution in [1.29, 1.82) is 0 Å². The molecule has 2 unspecified atom stereocenters. The second-order valence-electron chi connectivity index (χ2n) is 5.83. The maximum Gasteiger partial charge on any atom is 0.127 e. The Morgan fingerprint density at radius 1 is 1.48 bits per heavy atom. The molecule has 1 N–H and O–H groups in total. The van der Waals surface area contributed by atoms with Crippen LogP contribution in [0.15, 0.2) is 22.7 Å². The van der Waals surface area contributed by atoms with Crippen molar-refractivity contribution in [2.45, 2.75) is 38.5 Å². The van der Waals surface area contributed by atoms with Crippen molar-refractivity contribution in [2.75, 3.05) is 26.7 Å². The van der Waals surface area contributed by atoms with Crippen LogP contribution in [0.5, 0.6) is 0 Å². The Morgan fingerprint density at radius 3 is 2.86 bits per heavy atom. The standard InChI is InChI=1S/C16H24BrFN2O/c1-11(2)20-6-7-21-16(10-20)15(19-3)8-12-4-5-13(17)9-14(12)18/h4-5,9,11,15-16,19H,6-8,10H2,1-3H3. The maximum atomic E-state index is 14.0. The lowest BCUT2D eigenvalue weighted by Gasteiger charge is -2.39. The quantitative estimate of drug-likeness (QED) is 0.875. The molecular formula is C16H24BrFN2O. The summed E-state index contributed by atoms with van der Waals surface area (Å²) in [7, 11) is 1.92. The van der Waals surface area contributed by atoms with Gasteiger partial charge >= 0.3 is 0 Å². The minimum atomic E-state index is -0.166. The van der Waals surface area contributed by atoms with Gasteiger partial charge < -0.3 is 10.1 Å². The van der Waals surface area contributed by atoms with Crippen LogP contribution < -0.4 is 5.32 Å². The van der Waals surface area contributed by atoms with Gasteiger partial charge in [-0.3, -0.25) is 4.90 Å². The molecule has 5 heteroatoms. The first-order chi connectivity index (χ1) is 10.0. The number of nitrogens with zero attached hydrogens (tertiary/aromatic N) is 1. The molecule has 0 spiro atoms. The number of hydrogen-bond donors (Lipinski definition) is 1. The third-order valence-corrected chi connectivity index (χ3v) is 4.62. The summed E-state index contributed by atoms with van der Waals surface area (Å²) in [5, 5.41) is 3.29. The first-order valence-corrected chi connectivity index (χ1v) is 8.27. The van der Waals surface area contributed by atoms with Gasteiger partial charge in [0.05, 0.1) is 12.7 Å². The van der Waals surface area contributed by atoms with Crippen molar-refractivity contribution >= 4 is 15.9 Å². The summed E-state index contributed by atoms with van der Waals surface area (Å²) in [6.07, 6.45) is 0.723. The Hall–Kier alpha value is -0.490. The van der Waals surface area contributed by atoms with Crippen molar-refractivity contribution in [3.63, 3.8) is 0 Å². The molecule has 2 rings (SSSR count). The maximum absolute atomic E-state index is 14.0. The van der Waals surface area contributed by atoms with E-state index in [1.54, 1.807) is 0 Å². The molecule has 0 amide bonds. The van der Waals surface area contributed by atoms with Crippen molar-refractivity contribution in [3.05, 3.63) is 34.1 Å². The minimum absolute atomic E-state index is 0.0918. The van der Waals surface area contributed by atoms with Crippen molar-refractivity contribution in [3.8, 4) is 0 Å². The molecule has 1 saturated heterocycles. The summed E-state index contributed by atoms with van der Waals surface area (Å²) in [5.41, 5.74) is 0.725. The van der Waals surface area contributed by atoms with Crippen LogP contribution in [-0.2, 0) is 11.2 Å². The molecule has 118 valence electrons. The van der Waals surface area contributed by atoms with Gasteiger partial charge in [-0.05, 0) is 45.0 Å². The number of benzene rings is 1. The lowest BCUT2D eigenvalue weighted by atomic mass is 9.99. The minimum Gasteiger partial charge on any atom is -0.374 e. The summed E-state index contributed by atoms with van der Waals surface area (Å²) in [6, 6.07) is 5.87. The Balaban J connectivity index is 2.05. The summed E-state index contributed by atoms with van der Waals surface area (Å²) in [5.74, 6) is -0.166. The second-order valence-corrected chi connectivity index (χ2v) is 6.75. The van der Waals surface area contributed by atoms with Crippen LogP contribution in [-0.4, -0.2) is 49.8 Å². The number of hydrogen-bond acceptors (Lipinski definition) is 3. The predicted octanol–water partition coefficient (Wildman–Crippen LogP) is 2.83. The number of ether oxygens (including phenoxy) is 1. The smallest absolute Gasteiger partial charge is 0.127 e. The Kier molecular flexibility index (Phi) is 6.17. The third kappa shape index (κ3) is 4.49. The van der Waals surface area contributed by atoms with Gasteiger partial charge in [0.15, 0.2) is 0 Å². The van der Waals surface area contributed by atoms with Gasteiger partial charge in [0.1, 0.15) is 5.82 Å². The topological polar surface area (TPSA) is 24.5 Å². The van der Waals surface area contributed by atoms with Crippen LogP contribution in [0.4, 0.5) is 4.39 Å². The second kappa shape index (κ2) is 7.68. The third-order valence-electron chi connectivity index (χ3n) is 4.13. The van der Waals surface area contributed by atoms with Crippen LogP contribution in [0.3, 0.4) is 0 Å². The summed E-state index contributed by atoms with van der Waals surface area (Å²) in [6.45, 7) is 7.00. The zero-order chi connectivity index (χ0) is 15.4. The van der Waals surface area contributed by atoms with Gasteiger partial charge in [-0.2, -0.15) is 0 Å². The molecule has 1 aliphatic heterocycles. The number of rotatable bonds is 5. The van der Waals surface area contributed by atoms with E-state index in [2.05, 4.69) is 40.0 Å². The van der Waals surface area contributed by atoms with Gasteiger partial charge in [-0.15, -0.1) is 0 Å². The zero-order valence-corrected chi connectivity index (χ0v) is 14.5. The largest absolute Gasteiger partial charge is 0.374 e. The SMILES string of the molecule is CNC(Cc1ccc(Br)cc1F)C1CN(C(C)C)CCO1. The van der Waals surface area contributed by atoms with Crippen molar-refractivity contribution in [2.24, 2.45) is 0 Å². The highest BCUT2D eigenvalue weighted by Crippen LogP contribution is 2.19. The summed E-state index contributed by atoms with van der Waals surface area (Å²) < 4.78 is 20.7. The van der Waals surface area contributed by atoms with E-state index in [9.17, 15) is 4.39 Å². The molecule has 2 atom stereocenters. The first kappa shape index (κ1) is 16.9. The Bertz CT molecular complexity index is 470. The van der Waals surface area contributed by atoms with E-state index in [1.807, 2.05) is 19.2 Å². The number of halogens is 2. The molecule has 0 aromatic heterocycles. The highest BCUT2D eigenvalue weighted by molar-refractivity contribution is 9.10. The summed E-state index contributed by atoms with van der Waals surface area (Å²) >= 11 is 3.29. The van der Waals surface area contributed by atoms with Gasteiger partial charge in [-0.25, -0.2) is 4.39 Å². The fraction of sp³-hybridized carbons (Fsp3) is 0.625. The predicted molar refractivity (Wildman–Crippen MR) is 87.1 cm³/mol. The van der Waals surface area contributed by atoms with E-state index in [1.165, 1.54) is 6.07 Å². The van der Waals surface area contributed by atoms with Crippen molar-refractivity contribution < 1.29 is 9.13 Å². The highest BCUT2D eigenvalue weighted by atomic mass is 79.9. The van der Waals surface area contributed by atoms with E-state index in [0.717, 1.165) is 29.7 Å². The molecule has 1 heterocycles. The fourth-order valence-corrected chi connectivity index (χ4v) is 3.09. The average molecular weight is 359 g/mol. The normalized spacial score (nSPS) is 21.7. The Morgan fingerprint density at radius 2 is 2.24 bits per heavy atom. The lowest BCUT2D eigenvalue weighted by Crippen LogP contribution is -2.53. The fourth-order valence-electron chi connectivity index (χ4n) is 2.75. The van der Waals surface area contributed by atoms with Gasteiger partial charge in [0.25, 0.3) is 0 Å². The van der Waals surface area contributed by atoms with E-state index in [4.69, 9.17) is 4.74 Å². The van der Waals surface area contributed by atoms with Gasteiger partial charge in [-0.1, -0.05) is 22.0 Å². The molecule has 0 aliphatic carbocycles. The van der Waals surface area contributed by atoms with Crippen LogP contribution in [0.25, 0.3) is 0 Å². The van der Waals surface area contributed by atoms with Gasteiger partial charge in [0.2, 0.25) is 0 Å². The molecule has 1 fully saturated rings. The zero-order valence-electron chi connectivity index (χ0n) is 12.9. The lowest BCUT2D eigenvalue weighted by molar-refractivity contribution is -0.0542. The van der Waals surface area contributed by atoms with Crippen LogP contribution in [0.2, 0.25) is 0 Å². The molecule has 0 radical (unpaired) electrons. The molecule has 3 nitrogen and oxygen atoms in total. The first-order valence-electron chi connectivity index (χ1n) is 7.48. The van der Waals surface area contributed by atoms with E-state index >= 15 is 0 Å².